The highest BCUT2D eigenvalue weighted by Crippen LogP contribution is 2.40. The van der Waals surface area contributed by atoms with Crippen LogP contribution >= 0.6 is 0 Å². The summed E-state index contributed by atoms with van der Waals surface area (Å²) in [6.45, 7) is 15.6. The quantitative estimate of drug-likeness (QED) is 0.220. The van der Waals surface area contributed by atoms with Gasteiger partial charge in [-0.1, -0.05) is 64.6 Å². The highest BCUT2D eigenvalue weighted by molar-refractivity contribution is 7.85. The van der Waals surface area contributed by atoms with Crippen LogP contribution in [0, 0.1) is 17.3 Å². The fraction of sp³-hybridized carbons (Fsp3) is 0.478. The molecular weight excluding hydrogens is 793 g/mol. The number of hydrogen-bond donors (Lipinski definition) is 2. The lowest BCUT2D eigenvalue weighted by molar-refractivity contribution is -0.155. The van der Waals surface area contributed by atoms with Crippen molar-refractivity contribution >= 4 is 45.6 Å². The number of esters is 1. The molecule has 5 atom stereocenters. The molecule has 2 aromatic carbocycles. The average Bonchev–Trinajstić information content (AvgIpc) is 3.87. The van der Waals surface area contributed by atoms with E-state index in [-0.39, 0.29) is 24.9 Å². The van der Waals surface area contributed by atoms with E-state index in [9.17, 15) is 23.4 Å². The van der Waals surface area contributed by atoms with E-state index < -0.39 is 58.2 Å². The number of aromatic nitrogens is 3. The number of amides is 3. The van der Waals surface area contributed by atoms with Crippen molar-refractivity contribution < 1.29 is 28.1 Å². The van der Waals surface area contributed by atoms with Gasteiger partial charge in [0.25, 0.3) is 5.91 Å². The number of aryl methyl sites for hydroxylation is 1. The average molecular weight is 851 g/mol. The van der Waals surface area contributed by atoms with Crippen LogP contribution in [0.15, 0.2) is 73.2 Å². The highest BCUT2D eigenvalue weighted by Gasteiger charge is 2.40. The molecule has 2 saturated heterocycles. The fourth-order valence-corrected chi connectivity index (χ4v) is 10.0. The molecule has 61 heavy (non-hydrogen) atoms. The number of nitrogens with zero attached hydrogens (tertiary/aromatic N) is 6. The number of carbonyl (C=O) groups excluding carboxylic acids is 4. The third-order valence-corrected chi connectivity index (χ3v) is 13.3. The Bertz CT molecular complexity index is 2330. The first-order chi connectivity index (χ1) is 29.2. The van der Waals surface area contributed by atoms with Crippen LogP contribution in [0.25, 0.3) is 33.3 Å². The normalized spacial score (nSPS) is 22.0. The molecule has 3 aliphatic rings. The van der Waals surface area contributed by atoms with Crippen molar-refractivity contribution in [1.29, 1.82) is 0 Å². The molecular formula is C46H58N8O6S. The molecule has 0 spiro atoms. The van der Waals surface area contributed by atoms with E-state index in [4.69, 9.17) is 4.74 Å². The second kappa shape index (κ2) is 18.4. The van der Waals surface area contributed by atoms with Crippen molar-refractivity contribution in [2.45, 2.75) is 91.4 Å². The molecule has 15 heteroatoms. The zero-order valence-electron chi connectivity index (χ0n) is 36.1. The molecule has 0 aliphatic carbocycles. The molecule has 2 fully saturated rings. The number of nitrogens with one attached hydrogen (secondary N) is 2. The number of likely N-dealkylation sites (N-methyl/N-ethyl adjacent to an activating group) is 1. The largest absolute Gasteiger partial charge is 0.464 e. The van der Waals surface area contributed by atoms with Crippen molar-refractivity contribution in [2.75, 3.05) is 33.3 Å². The van der Waals surface area contributed by atoms with Gasteiger partial charge in [0.1, 0.15) is 35.4 Å². The molecule has 2 aromatic heterocycles. The first-order valence-corrected chi connectivity index (χ1v) is 22.5. The number of hydrazine groups is 1. The zero-order valence-corrected chi connectivity index (χ0v) is 36.9. The minimum atomic E-state index is -1.39. The summed E-state index contributed by atoms with van der Waals surface area (Å²) >= 11 is 0. The number of rotatable bonds is 9. The van der Waals surface area contributed by atoms with Gasteiger partial charge in [-0.25, -0.2) is 23.9 Å². The van der Waals surface area contributed by atoms with Crippen molar-refractivity contribution in [2.24, 2.45) is 17.3 Å². The van der Waals surface area contributed by atoms with Gasteiger partial charge in [0, 0.05) is 79.3 Å². The molecule has 7 rings (SSSR count). The third kappa shape index (κ3) is 9.33. The third-order valence-electron chi connectivity index (χ3n) is 12.2. The smallest absolute Gasteiger partial charge is 0.324 e. The summed E-state index contributed by atoms with van der Waals surface area (Å²) in [5, 5.41) is 6.92. The van der Waals surface area contributed by atoms with Gasteiger partial charge in [0.05, 0.1) is 18.2 Å². The van der Waals surface area contributed by atoms with Gasteiger partial charge in [0.2, 0.25) is 11.8 Å². The lowest BCUT2D eigenvalue weighted by Crippen LogP contribution is -2.62. The van der Waals surface area contributed by atoms with E-state index in [0.29, 0.717) is 51.9 Å². The number of carbonyl (C=O) groups is 4. The van der Waals surface area contributed by atoms with Gasteiger partial charge in [-0.15, -0.1) is 0 Å². The van der Waals surface area contributed by atoms with E-state index >= 15 is 0 Å². The zero-order chi connectivity index (χ0) is 43.6. The second-order valence-electron chi connectivity index (χ2n) is 17.6. The number of hydrogen-bond acceptors (Lipinski definition) is 9. The van der Waals surface area contributed by atoms with E-state index in [0.717, 1.165) is 44.4 Å². The van der Waals surface area contributed by atoms with Crippen LogP contribution in [0.5, 0.6) is 0 Å². The van der Waals surface area contributed by atoms with Gasteiger partial charge in [-0.05, 0) is 72.9 Å². The van der Waals surface area contributed by atoms with E-state index in [1.54, 1.807) is 11.4 Å². The van der Waals surface area contributed by atoms with Gasteiger partial charge in [-0.3, -0.25) is 24.2 Å². The summed E-state index contributed by atoms with van der Waals surface area (Å²) in [5.74, 6) is -2.24. The summed E-state index contributed by atoms with van der Waals surface area (Å²) in [6.07, 6.45) is 7.50. The second-order valence-corrected chi connectivity index (χ2v) is 19.0. The summed E-state index contributed by atoms with van der Waals surface area (Å²) in [5.41, 5.74) is 9.55. The van der Waals surface area contributed by atoms with Crippen molar-refractivity contribution in [1.82, 2.24) is 39.5 Å². The molecule has 3 amide bonds. The molecule has 5 heterocycles. The Balaban J connectivity index is 1.26. The van der Waals surface area contributed by atoms with E-state index in [2.05, 4.69) is 76.9 Å². The molecule has 1 unspecified atom stereocenters. The van der Waals surface area contributed by atoms with E-state index in [1.807, 2.05) is 44.4 Å². The lowest BCUT2D eigenvalue weighted by atomic mass is 9.84. The maximum absolute atomic E-state index is 14.6. The van der Waals surface area contributed by atoms with Gasteiger partial charge < -0.3 is 19.5 Å². The number of benzene rings is 2. The minimum Gasteiger partial charge on any atom is -0.464 e. The summed E-state index contributed by atoms with van der Waals surface area (Å²) in [7, 11) is 0.229. The molecule has 2 N–H and O–H groups in total. The summed E-state index contributed by atoms with van der Waals surface area (Å²) in [4.78, 5) is 66.8. The van der Waals surface area contributed by atoms with Crippen LogP contribution in [0.2, 0.25) is 0 Å². The van der Waals surface area contributed by atoms with Crippen LogP contribution in [-0.4, -0.2) is 108 Å². The Labute approximate surface area is 360 Å². The molecule has 4 aromatic rings. The van der Waals surface area contributed by atoms with Crippen molar-refractivity contribution in [3.05, 3.63) is 84.3 Å². The number of cyclic esters (lactones) is 1. The van der Waals surface area contributed by atoms with Crippen molar-refractivity contribution in [3.63, 3.8) is 0 Å². The van der Waals surface area contributed by atoms with Crippen LogP contribution in [0.3, 0.4) is 0 Å². The summed E-state index contributed by atoms with van der Waals surface area (Å²) < 4.78 is 22.4. The molecule has 324 valence electrons. The molecule has 0 saturated carbocycles. The SMILES string of the molecule is C=CS(=O)N1CC[C@H](C(=O)N(C)[C@H](C(=O)N[C@H]2Cc3cccc(c3)-c3ccc4c(c3)c(c(-c3cncnc3)n4CC)CC(C)(C)COC(=O)[C@@H]3CCCN(N3)C2=O)C(C)C)C1. The van der Waals surface area contributed by atoms with Crippen molar-refractivity contribution in [3.8, 4) is 22.4 Å². The topological polar surface area (TPSA) is 159 Å². The maximum atomic E-state index is 14.6. The first-order valence-electron chi connectivity index (χ1n) is 21.3. The summed E-state index contributed by atoms with van der Waals surface area (Å²) in [6, 6.07) is 11.8. The maximum Gasteiger partial charge on any atom is 0.324 e. The fourth-order valence-electron chi connectivity index (χ4n) is 9.18. The Morgan fingerprint density at radius 3 is 2.56 bits per heavy atom. The Hall–Kier alpha value is -5.25. The van der Waals surface area contributed by atoms with Gasteiger partial charge in [0.15, 0.2) is 0 Å². The number of ether oxygens (including phenoxy) is 1. The first kappa shape index (κ1) is 43.8. The highest BCUT2D eigenvalue weighted by atomic mass is 32.2. The minimum absolute atomic E-state index is 0.149. The van der Waals surface area contributed by atoms with E-state index in [1.165, 1.54) is 21.6 Å². The van der Waals surface area contributed by atoms with Crippen LogP contribution in [0.4, 0.5) is 0 Å². The molecule has 6 bridgehead atoms. The van der Waals surface area contributed by atoms with Crippen LogP contribution < -0.4 is 10.7 Å². The Kier molecular flexibility index (Phi) is 13.2. The lowest BCUT2D eigenvalue weighted by Gasteiger charge is -2.37. The monoisotopic (exact) mass is 850 g/mol. The van der Waals surface area contributed by atoms with Gasteiger partial charge in [-0.2, -0.15) is 0 Å². The predicted molar refractivity (Wildman–Crippen MR) is 235 cm³/mol. The standard InChI is InChI=1S/C46H58N8O6S/c1-8-53-39-16-15-32-22-35(39)36(41(53)34-24-47-28-48-25-34)23-46(5,6)27-60-45(58)37-14-11-18-54(50-37)44(57)38(21-30-12-10-13-31(32)20-30)49-42(55)40(29(3)4)51(7)43(56)33-17-19-52(26-33)61(59)9-2/h9-10,12-13,15-16,20,22,24-25,28-29,33,37-38,40,50H,2,8,11,14,17-19,21,23,26-27H2,1,3-7H3,(H,49,55)/t33-,37-,38-,40-,61?/m0/s1. The molecule has 0 radical (unpaired) electrons. The Morgan fingerprint density at radius 2 is 1.84 bits per heavy atom. The number of fused-ring (bicyclic) bond motifs is 6. The van der Waals surface area contributed by atoms with Gasteiger partial charge >= 0.3 is 5.97 Å². The molecule has 14 nitrogen and oxygen atoms in total. The van der Waals surface area contributed by atoms with Crippen LogP contribution in [0.1, 0.15) is 65.0 Å². The van der Waals surface area contributed by atoms with Crippen LogP contribution in [-0.2, 0) is 54.3 Å². The molecule has 3 aliphatic heterocycles. The Morgan fingerprint density at radius 1 is 1.08 bits per heavy atom. The predicted octanol–water partition coefficient (Wildman–Crippen LogP) is 5.05.